The van der Waals surface area contributed by atoms with Crippen molar-refractivity contribution in [3.8, 4) is 0 Å². The Kier molecular flexibility index (Phi) is 8.07. The second-order valence-electron chi connectivity index (χ2n) is 5.52. The molecule has 21 heavy (non-hydrogen) atoms. The zero-order valence-electron chi connectivity index (χ0n) is 12.2. The van der Waals surface area contributed by atoms with Crippen LogP contribution in [0.5, 0.6) is 0 Å². The fourth-order valence-electron chi connectivity index (χ4n) is 2.52. The SMILES string of the molecule is Cl.NC1(CNC(=O)CSc2ccncc2)CCCCCC1. The summed E-state index contributed by atoms with van der Waals surface area (Å²) in [7, 11) is 0. The average molecular weight is 330 g/mol. The molecule has 6 heteroatoms. The molecule has 0 atom stereocenters. The van der Waals surface area contributed by atoms with Crippen LogP contribution in [0, 0.1) is 0 Å². The van der Waals surface area contributed by atoms with Crippen LogP contribution >= 0.6 is 24.2 Å². The quantitative estimate of drug-likeness (QED) is 0.644. The van der Waals surface area contributed by atoms with Gasteiger partial charge in [-0.15, -0.1) is 24.2 Å². The monoisotopic (exact) mass is 329 g/mol. The molecule has 4 nitrogen and oxygen atoms in total. The van der Waals surface area contributed by atoms with Crippen molar-refractivity contribution in [2.45, 2.75) is 49.0 Å². The van der Waals surface area contributed by atoms with Gasteiger partial charge < -0.3 is 11.1 Å². The first kappa shape index (κ1) is 18.3. The first-order valence-corrected chi connectivity index (χ1v) is 8.25. The molecule has 1 aromatic heterocycles. The molecule has 0 unspecified atom stereocenters. The van der Waals surface area contributed by atoms with Crippen LogP contribution in [0.4, 0.5) is 0 Å². The van der Waals surface area contributed by atoms with E-state index in [1.807, 2.05) is 12.1 Å². The van der Waals surface area contributed by atoms with E-state index in [0.29, 0.717) is 12.3 Å². The van der Waals surface area contributed by atoms with Crippen molar-refractivity contribution < 1.29 is 4.79 Å². The molecule has 3 N–H and O–H groups in total. The summed E-state index contributed by atoms with van der Waals surface area (Å²) in [6.07, 6.45) is 10.4. The fourth-order valence-corrected chi connectivity index (χ4v) is 3.23. The van der Waals surface area contributed by atoms with Crippen LogP contribution in [0.2, 0.25) is 0 Å². The van der Waals surface area contributed by atoms with E-state index >= 15 is 0 Å². The molecule has 1 heterocycles. The van der Waals surface area contributed by atoms with Crippen molar-refractivity contribution in [3.05, 3.63) is 24.5 Å². The Morgan fingerprint density at radius 1 is 1.24 bits per heavy atom. The molecular weight excluding hydrogens is 306 g/mol. The second-order valence-corrected chi connectivity index (χ2v) is 6.57. The number of nitrogens with two attached hydrogens (primary N) is 1. The largest absolute Gasteiger partial charge is 0.354 e. The van der Waals surface area contributed by atoms with E-state index in [1.165, 1.54) is 37.4 Å². The first-order valence-electron chi connectivity index (χ1n) is 7.26. The Hall–Kier alpha value is -0.780. The molecule has 1 fully saturated rings. The zero-order valence-corrected chi connectivity index (χ0v) is 13.8. The van der Waals surface area contributed by atoms with Gasteiger partial charge in [0.15, 0.2) is 0 Å². The molecule has 1 aliphatic carbocycles. The maximum atomic E-state index is 11.9. The number of amides is 1. The fraction of sp³-hybridized carbons (Fsp3) is 0.600. The molecule has 0 aliphatic heterocycles. The summed E-state index contributed by atoms with van der Waals surface area (Å²) in [6.45, 7) is 0.600. The molecule has 118 valence electrons. The minimum Gasteiger partial charge on any atom is -0.354 e. The summed E-state index contributed by atoms with van der Waals surface area (Å²) in [5.41, 5.74) is 6.18. The van der Waals surface area contributed by atoms with Gasteiger partial charge in [-0.1, -0.05) is 25.7 Å². The van der Waals surface area contributed by atoms with Gasteiger partial charge in [-0.25, -0.2) is 0 Å². The summed E-state index contributed by atoms with van der Waals surface area (Å²) in [5, 5.41) is 2.99. The van der Waals surface area contributed by atoms with E-state index in [2.05, 4.69) is 10.3 Å². The number of pyridine rings is 1. The Labute approximate surface area is 137 Å². The number of rotatable bonds is 5. The van der Waals surface area contributed by atoms with Gasteiger partial charge in [-0.2, -0.15) is 0 Å². The predicted molar refractivity (Wildman–Crippen MR) is 89.8 cm³/mol. The lowest BCUT2D eigenvalue weighted by molar-refractivity contribution is -0.118. The van der Waals surface area contributed by atoms with Gasteiger partial charge in [0.25, 0.3) is 0 Å². The minimum atomic E-state index is -0.201. The highest BCUT2D eigenvalue weighted by molar-refractivity contribution is 8.00. The molecule has 1 aliphatic rings. The van der Waals surface area contributed by atoms with Crippen LogP contribution in [-0.4, -0.2) is 28.7 Å². The predicted octanol–water partition coefficient (Wildman–Crippen LogP) is 2.76. The second kappa shape index (κ2) is 9.28. The van der Waals surface area contributed by atoms with Crippen molar-refractivity contribution in [3.63, 3.8) is 0 Å². The lowest BCUT2D eigenvalue weighted by atomic mass is 9.91. The molecular formula is C15H24ClN3OS. The summed E-state index contributed by atoms with van der Waals surface area (Å²) in [4.78, 5) is 16.9. The molecule has 0 aromatic carbocycles. The Bertz CT molecular complexity index is 422. The van der Waals surface area contributed by atoms with Gasteiger partial charge in [-0.3, -0.25) is 9.78 Å². The maximum Gasteiger partial charge on any atom is 0.230 e. The Morgan fingerprint density at radius 2 is 1.86 bits per heavy atom. The van der Waals surface area contributed by atoms with Crippen LogP contribution in [0.15, 0.2) is 29.4 Å². The van der Waals surface area contributed by atoms with Crippen molar-refractivity contribution in [1.82, 2.24) is 10.3 Å². The number of carbonyl (C=O) groups excluding carboxylic acids is 1. The highest BCUT2D eigenvalue weighted by Gasteiger charge is 2.26. The van der Waals surface area contributed by atoms with E-state index in [9.17, 15) is 4.79 Å². The number of hydrogen-bond acceptors (Lipinski definition) is 4. The summed E-state index contributed by atoms with van der Waals surface area (Å²) in [5.74, 6) is 0.487. The smallest absolute Gasteiger partial charge is 0.230 e. The van der Waals surface area contributed by atoms with E-state index in [1.54, 1.807) is 12.4 Å². The molecule has 0 bridgehead atoms. The molecule has 1 aromatic rings. The Balaban J connectivity index is 0.00000220. The van der Waals surface area contributed by atoms with Crippen molar-refractivity contribution in [1.29, 1.82) is 0 Å². The van der Waals surface area contributed by atoms with Gasteiger partial charge in [-0.05, 0) is 25.0 Å². The molecule has 0 saturated heterocycles. The number of hydrogen-bond donors (Lipinski definition) is 2. The third-order valence-corrected chi connectivity index (χ3v) is 4.77. The van der Waals surface area contributed by atoms with Gasteiger partial charge in [0.1, 0.15) is 0 Å². The molecule has 2 rings (SSSR count). The van der Waals surface area contributed by atoms with E-state index in [-0.39, 0.29) is 23.9 Å². The van der Waals surface area contributed by atoms with Gasteiger partial charge in [0.2, 0.25) is 5.91 Å². The van der Waals surface area contributed by atoms with Gasteiger partial charge >= 0.3 is 0 Å². The van der Waals surface area contributed by atoms with Gasteiger partial charge in [0, 0.05) is 29.4 Å². The summed E-state index contributed by atoms with van der Waals surface area (Å²) in [6, 6.07) is 3.82. The van der Waals surface area contributed by atoms with E-state index < -0.39 is 0 Å². The average Bonchev–Trinajstić information content (AvgIpc) is 2.69. The third-order valence-electron chi connectivity index (χ3n) is 3.76. The normalized spacial score (nSPS) is 17.4. The number of carbonyl (C=O) groups is 1. The molecule has 0 radical (unpaired) electrons. The van der Waals surface area contributed by atoms with Crippen molar-refractivity contribution >= 4 is 30.1 Å². The third kappa shape index (κ3) is 6.68. The number of halogens is 1. The highest BCUT2D eigenvalue weighted by atomic mass is 35.5. The first-order chi connectivity index (χ1) is 9.68. The zero-order chi connectivity index (χ0) is 14.3. The topological polar surface area (TPSA) is 68.0 Å². The van der Waals surface area contributed by atoms with Crippen LogP contribution in [-0.2, 0) is 4.79 Å². The maximum absolute atomic E-state index is 11.9. The van der Waals surface area contributed by atoms with Crippen LogP contribution in [0.25, 0.3) is 0 Å². The van der Waals surface area contributed by atoms with E-state index in [0.717, 1.165) is 17.7 Å². The number of nitrogens with one attached hydrogen (secondary N) is 1. The lowest BCUT2D eigenvalue weighted by Gasteiger charge is -2.28. The number of nitrogens with zero attached hydrogens (tertiary/aromatic N) is 1. The molecule has 1 saturated carbocycles. The Morgan fingerprint density at radius 3 is 2.48 bits per heavy atom. The summed E-state index contributed by atoms with van der Waals surface area (Å²) >= 11 is 1.53. The standard InChI is InChI=1S/C15H23N3OS.ClH/c16-15(7-3-1-2-4-8-15)12-18-14(19)11-20-13-5-9-17-10-6-13;/h5-6,9-10H,1-4,7-8,11-12,16H2,(H,18,19);1H. The van der Waals surface area contributed by atoms with Gasteiger partial charge in [0.05, 0.1) is 5.75 Å². The number of thioether (sulfide) groups is 1. The minimum absolute atomic E-state index is 0. The highest BCUT2D eigenvalue weighted by Crippen LogP contribution is 2.24. The molecule has 0 spiro atoms. The summed E-state index contributed by atoms with van der Waals surface area (Å²) < 4.78 is 0. The van der Waals surface area contributed by atoms with Crippen molar-refractivity contribution in [2.24, 2.45) is 5.73 Å². The molecule has 1 amide bonds. The van der Waals surface area contributed by atoms with Crippen LogP contribution < -0.4 is 11.1 Å². The van der Waals surface area contributed by atoms with Crippen LogP contribution in [0.3, 0.4) is 0 Å². The lowest BCUT2D eigenvalue weighted by Crippen LogP contribution is -2.50. The van der Waals surface area contributed by atoms with Crippen molar-refractivity contribution in [2.75, 3.05) is 12.3 Å². The van der Waals surface area contributed by atoms with Crippen LogP contribution in [0.1, 0.15) is 38.5 Å². The van der Waals surface area contributed by atoms with E-state index in [4.69, 9.17) is 5.73 Å². The number of aromatic nitrogens is 1.